The second kappa shape index (κ2) is 5.64. The lowest BCUT2D eigenvalue weighted by Gasteiger charge is -2.18. The van der Waals surface area contributed by atoms with Gasteiger partial charge in [0.25, 0.3) is 15.9 Å². The molecule has 6 nitrogen and oxygen atoms in total. The van der Waals surface area contributed by atoms with Gasteiger partial charge in [0.2, 0.25) is 0 Å². The number of amides is 1. The van der Waals surface area contributed by atoms with Crippen LogP contribution in [0, 0.1) is 5.92 Å². The number of hydrogen-bond donors (Lipinski definition) is 1. The molecule has 2 aliphatic rings. The first-order valence-corrected chi connectivity index (χ1v) is 8.59. The Kier molecular flexibility index (Phi) is 3.82. The molecule has 1 aliphatic carbocycles. The molecule has 0 radical (unpaired) electrons. The average molecular weight is 323 g/mol. The zero-order valence-corrected chi connectivity index (χ0v) is 13.0. The molecule has 118 valence electrons. The van der Waals surface area contributed by atoms with Gasteiger partial charge in [0.05, 0.1) is 4.90 Å². The van der Waals surface area contributed by atoms with Crippen molar-refractivity contribution in [3.8, 4) is 11.5 Å². The van der Waals surface area contributed by atoms with Gasteiger partial charge in [-0.15, -0.1) is 0 Å². The van der Waals surface area contributed by atoms with Crippen LogP contribution in [0.15, 0.2) is 34.7 Å². The summed E-state index contributed by atoms with van der Waals surface area (Å²) in [5.41, 5.74) is 0.912. The number of sulfonamides is 1. The minimum atomic E-state index is -3.92. The first kappa shape index (κ1) is 14.9. The highest BCUT2D eigenvalue weighted by Crippen LogP contribution is 2.36. The van der Waals surface area contributed by atoms with Crippen molar-refractivity contribution in [2.45, 2.75) is 24.7 Å². The molecule has 1 saturated carbocycles. The van der Waals surface area contributed by atoms with Gasteiger partial charge in [-0.1, -0.05) is 5.57 Å². The van der Waals surface area contributed by atoms with E-state index in [1.54, 1.807) is 0 Å². The number of fused-ring (bicyclic) bond motifs is 1. The number of ether oxygens (including phenoxy) is 2. The van der Waals surface area contributed by atoms with Crippen LogP contribution in [-0.2, 0) is 14.8 Å². The number of benzene rings is 1. The van der Waals surface area contributed by atoms with E-state index >= 15 is 0 Å². The van der Waals surface area contributed by atoms with E-state index in [4.69, 9.17) is 9.47 Å². The minimum Gasteiger partial charge on any atom is -0.486 e. The summed E-state index contributed by atoms with van der Waals surface area (Å²) in [5, 5.41) is 0. The molecule has 0 atom stereocenters. The lowest BCUT2D eigenvalue weighted by molar-refractivity contribution is -0.114. The maximum Gasteiger partial charge on any atom is 0.264 e. The Labute approximate surface area is 129 Å². The molecule has 1 aliphatic heterocycles. The van der Waals surface area contributed by atoms with Crippen molar-refractivity contribution in [2.24, 2.45) is 5.92 Å². The number of allylic oxidation sites excluding steroid dienone is 1. The normalized spacial score (nSPS) is 18.0. The molecule has 7 heteroatoms. The number of nitrogens with one attached hydrogen (secondary N) is 1. The van der Waals surface area contributed by atoms with E-state index < -0.39 is 15.9 Å². The van der Waals surface area contributed by atoms with E-state index in [9.17, 15) is 13.2 Å². The van der Waals surface area contributed by atoms with Crippen LogP contribution in [0.3, 0.4) is 0 Å². The molecule has 3 rings (SSSR count). The first-order valence-electron chi connectivity index (χ1n) is 7.10. The third kappa shape index (κ3) is 3.24. The second-order valence-corrected chi connectivity index (χ2v) is 7.12. The van der Waals surface area contributed by atoms with Gasteiger partial charge in [-0.05, 0) is 37.8 Å². The molecule has 0 unspecified atom stereocenters. The van der Waals surface area contributed by atoms with E-state index in [0.29, 0.717) is 30.6 Å². The molecule has 1 amide bonds. The van der Waals surface area contributed by atoms with Crippen molar-refractivity contribution < 1.29 is 22.7 Å². The van der Waals surface area contributed by atoms with Crippen LogP contribution in [0.1, 0.15) is 19.8 Å². The van der Waals surface area contributed by atoms with Gasteiger partial charge < -0.3 is 9.47 Å². The van der Waals surface area contributed by atoms with Gasteiger partial charge >= 0.3 is 0 Å². The van der Waals surface area contributed by atoms with Crippen molar-refractivity contribution in [1.82, 2.24) is 4.72 Å². The van der Waals surface area contributed by atoms with Crippen molar-refractivity contribution in [2.75, 3.05) is 13.2 Å². The molecule has 0 aromatic heterocycles. The van der Waals surface area contributed by atoms with Crippen LogP contribution in [-0.4, -0.2) is 27.5 Å². The van der Waals surface area contributed by atoms with Gasteiger partial charge in [-0.25, -0.2) is 13.1 Å². The van der Waals surface area contributed by atoms with Gasteiger partial charge in [-0.2, -0.15) is 0 Å². The fourth-order valence-electron chi connectivity index (χ4n) is 2.27. The molecule has 0 saturated heterocycles. The van der Waals surface area contributed by atoms with Crippen molar-refractivity contribution in [3.63, 3.8) is 0 Å². The Bertz CT molecular complexity index is 734. The van der Waals surface area contributed by atoms with E-state index in [0.717, 1.165) is 18.4 Å². The summed E-state index contributed by atoms with van der Waals surface area (Å²) in [4.78, 5) is 11.8. The Morgan fingerprint density at radius 2 is 1.91 bits per heavy atom. The molecule has 0 bridgehead atoms. The molecule has 1 heterocycles. The van der Waals surface area contributed by atoms with Gasteiger partial charge in [0, 0.05) is 12.1 Å². The van der Waals surface area contributed by atoms with Crippen LogP contribution >= 0.6 is 0 Å². The lowest BCUT2D eigenvalue weighted by atomic mass is 10.2. The zero-order valence-electron chi connectivity index (χ0n) is 12.2. The van der Waals surface area contributed by atoms with Crippen molar-refractivity contribution in [3.05, 3.63) is 29.8 Å². The lowest BCUT2D eigenvalue weighted by Crippen LogP contribution is -2.29. The number of rotatable bonds is 4. The maximum absolute atomic E-state index is 12.2. The highest BCUT2D eigenvalue weighted by atomic mass is 32.2. The Hall–Kier alpha value is -2.02. The summed E-state index contributed by atoms with van der Waals surface area (Å²) >= 11 is 0. The molecular weight excluding hydrogens is 306 g/mol. The highest BCUT2D eigenvalue weighted by molar-refractivity contribution is 7.90. The first-order chi connectivity index (χ1) is 10.5. The average Bonchev–Trinajstić information content (AvgIpc) is 3.30. The van der Waals surface area contributed by atoms with Gasteiger partial charge in [0.15, 0.2) is 11.5 Å². The largest absolute Gasteiger partial charge is 0.486 e. The fourth-order valence-corrected chi connectivity index (χ4v) is 3.23. The quantitative estimate of drug-likeness (QED) is 0.852. The van der Waals surface area contributed by atoms with Crippen LogP contribution in [0.25, 0.3) is 0 Å². The Morgan fingerprint density at radius 3 is 2.59 bits per heavy atom. The molecule has 0 spiro atoms. The minimum absolute atomic E-state index is 0.0254. The summed E-state index contributed by atoms with van der Waals surface area (Å²) in [6.07, 6.45) is 3.47. The molecule has 1 aromatic carbocycles. The molecule has 22 heavy (non-hydrogen) atoms. The maximum atomic E-state index is 12.2. The van der Waals surface area contributed by atoms with Gasteiger partial charge in [0.1, 0.15) is 13.2 Å². The SMILES string of the molecule is C/C(=C\C(=O)NS(=O)(=O)c1ccc2c(c1)OCCO2)C1CC1. The summed E-state index contributed by atoms with van der Waals surface area (Å²) in [6, 6.07) is 4.28. The number of carbonyl (C=O) groups is 1. The second-order valence-electron chi connectivity index (χ2n) is 5.44. The van der Waals surface area contributed by atoms with Crippen LogP contribution in [0.5, 0.6) is 11.5 Å². The van der Waals surface area contributed by atoms with Crippen LogP contribution < -0.4 is 14.2 Å². The van der Waals surface area contributed by atoms with E-state index in [-0.39, 0.29) is 4.90 Å². The summed E-state index contributed by atoms with van der Waals surface area (Å²) in [7, 11) is -3.92. The van der Waals surface area contributed by atoms with Crippen LogP contribution in [0.2, 0.25) is 0 Å². The zero-order chi connectivity index (χ0) is 15.7. The third-order valence-corrected chi connectivity index (χ3v) is 4.98. The fraction of sp³-hybridized carbons (Fsp3) is 0.400. The van der Waals surface area contributed by atoms with E-state index in [1.165, 1.54) is 24.3 Å². The summed E-state index contributed by atoms with van der Waals surface area (Å²) in [5.74, 6) is 0.661. The summed E-state index contributed by atoms with van der Waals surface area (Å²) in [6.45, 7) is 2.64. The van der Waals surface area contributed by atoms with Crippen LogP contribution in [0.4, 0.5) is 0 Å². The monoisotopic (exact) mass is 323 g/mol. The highest BCUT2D eigenvalue weighted by Gasteiger charge is 2.25. The third-order valence-electron chi connectivity index (χ3n) is 3.64. The molecule has 1 aromatic rings. The topological polar surface area (TPSA) is 81.7 Å². The smallest absolute Gasteiger partial charge is 0.264 e. The van der Waals surface area contributed by atoms with E-state index in [2.05, 4.69) is 4.72 Å². The molecular formula is C15H17NO5S. The predicted molar refractivity (Wildman–Crippen MR) is 79.2 cm³/mol. The summed E-state index contributed by atoms with van der Waals surface area (Å²) < 4.78 is 37.2. The van der Waals surface area contributed by atoms with E-state index in [1.807, 2.05) is 6.92 Å². The number of hydrogen-bond acceptors (Lipinski definition) is 5. The Morgan fingerprint density at radius 1 is 1.23 bits per heavy atom. The van der Waals surface area contributed by atoms with Crippen molar-refractivity contribution >= 4 is 15.9 Å². The molecule has 1 N–H and O–H groups in total. The predicted octanol–water partition coefficient (Wildman–Crippen LogP) is 1.62. The Balaban J connectivity index is 1.77. The standard InChI is InChI=1S/C15H17NO5S/c1-10(11-2-3-11)8-15(17)16-22(18,19)12-4-5-13-14(9-12)21-7-6-20-13/h4-5,8-9,11H,2-3,6-7H2,1H3,(H,16,17)/b10-8+. The van der Waals surface area contributed by atoms with Gasteiger partial charge in [-0.3, -0.25) is 4.79 Å². The molecule has 1 fully saturated rings. The number of carbonyl (C=O) groups excluding carboxylic acids is 1. The van der Waals surface area contributed by atoms with Crippen molar-refractivity contribution in [1.29, 1.82) is 0 Å².